The van der Waals surface area contributed by atoms with Gasteiger partial charge in [0.2, 0.25) is 0 Å². The third-order valence-corrected chi connectivity index (χ3v) is 3.09. The van der Waals surface area contributed by atoms with E-state index in [1.807, 2.05) is 30.3 Å². The summed E-state index contributed by atoms with van der Waals surface area (Å²) in [5, 5.41) is 3.30. The molecule has 0 amide bonds. The van der Waals surface area contributed by atoms with Crippen molar-refractivity contribution in [1.29, 1.82) is 0 Å². The predicted octanol–water partition coefficient (Wildman–Crippen LogP) is 2.51. The second kappa shape index (κ2) is 5.95. The van der Waals surface area contributed by atoms with Crippen molar-refractivity contribution in [2.75, 3.05) is 5.32 Å². The third kappa shape index (κ3) is 3.07. The molecule has 0 bridgehead atoms. The first-order valence-electron chi connectivity index (χ1n) is 5.63. The highest BCUT2D eigenvalue weighted by Crippen LogP contribution is 2.24. The molecule has 0 saturated carbocycles. The van der Waals surface area contributed by atoms with Gasteiger partial charge in [0.1, 0.15) is 0 Å². The van der Waals surface area contributed by atoms with E-state index in [4.69, 9.17) is 11.5 Å². The fraction of sp³-hybridized carbons (Fsp3) is 0.154. The summed E-state index contributed by atoms with van der Waals surface area (Å²) < 4.78 is 1.02. The molecule has 0 aliphatic rings. The smallest absolute Gasteiger partial charge is 0.0571 e. The zero-order chi connectivity index (χ0) is 13.0. The third-order valence-electron chi connectivity index (χ3n) is 2.60. The molecule has 94 valence electrons. The minimum atomic E-state index is 0.451. The lowest BCUT2D eigenvalue weighted by Gasteiger charge is -2.11. The summed E-state index contributed by atoms with van der Waals surface area (Å²) in [6.45, 7) is 0.933. The highest BCUT2D eigenvalue weighted by Gasteiger charge is 2.02. The Bertz CT molecular complexity index is 525. The van der Waals surface area contributed by atoms with Gasteiger partial charge in [0.25, 0.3) is 0 Å². The first-order chi connectivity index (χ1) is 8.72. The van der Waals surface area contributed by atoms with E-state index < -0.39 is 0 Å². The van der Waals surface area contributed by atoms with Gasteiger partial charge in [-0.05, 0) is 35.9 Å². The Labute approximate surface area is 115 Å². The number of nitrogens with zero attached hydrogens (tertiary/aromatic N) is 1. The van der Waals surface area contributed by atoms with Gasteiger partial charge in [-0.3, -0.25) is 4.98 Å². The van der Waals surface area contributed by atoms with Crippen LogP contribution in [0.4, 0.5) is 11.4 Å². The van der Waals surface area contributed by atoms with E-state index in [1.165, 1.54) is 0 Å². The van der Waals surface area contributed by atoms with Gasteiger partial charge in [-0.25, -0.2) is 0 Å². The number of nitrogens with two attached hydrogens (primary N) is 2. The van der Waals surface area contributed by atoms with Gasteiger partial charge in [-0.2, -0.15) is 0 Å². The van der Waals surface area contributed by atoms with Gasteiger partial charge in [0.15, 0.2) is 0 Å². The van der Waals surface area contributed by atoms with Gasteiger partial charge in [-0.15, -0.1) is 0 Å². The summed E-state index contributed by atoms with van der Waals surface area (Å²) in [5.41, 5.74) is 15.1. The summed E-state index contributed by atoms with van der Waals surface area (Å²) in [5.74, 6) is 0. The number of nitrogens with one attached hydrogen (secondary N) is 1. The molecule has 0 aliphatic carbocycles. The molecular weight excluding hydrogens is 292 g/mol. The van der Waals surface area contributed by atoms with Crippen LogP contribution < -0.4 is 16.8 Å². The summed E-state index contributed by atoms with van der Waals surface area (Å²) in [6.07, 6.45) is 1.77. The molecule has 1 aromatic heterocycles. The van der Waals surface area contributed by atoms with Crippen molar-refractivity contribution in [3.8, 4) is 0 Å². The second-order valence-corrected chi connectivity index (χ2v) is 4.79. The van der Waals surface area contributed by atoms with Gasteiger partial charge >= 0.3 is 0 Å². The highest BCUT2D eigenvalue weighted by molar-refractivity contribution is 9.10. The molecule has 0 atom stereocenters. The number of benzene rings is 1. The average Bonchev–Trinajstić information content (AvgIpc) is 2.41. The average molecular weight is 307 g/mol. The number of rotatable bonds is 4. The molecular formula is C13H15BrN4. The topological polar surface area (TPSA) is 77.0 Å². The van der Waals surface area contributed by atoms with E-state index in [1.54, 1.807) is 6.20 Å². The largest absolute Gasteiger partial charge is 0.354 e. The highest BCUT2D eigenvalue weighted by atomic mass is 79.9. The lowest BCUT2D eigenvalue weighted by Crippen LogP contribution is -2.03. The quantitative estimate of drug-likeness (QED) is 0.811. The van der Waals surface area contributed by atoms with Gasteiger partial charge in [0.05, 0.1) is 17.6 Å². The lowest BCUT2D eigenvalue weighted by molar-refractivity contribution is 0.991. The SMILES string of the molecule is NCc1ccc(Nc2ccc(Br)cc2CN)cn1. The number of anilines is 2. The normalized spacial score (nSPS) is 10.4. The van der Waals surface area contributed by atoms with Crippen LogP contribution in [0.25, 0.3) is 0 Å². The molecule has 5 N–H and O–H groups in total. The van der Waals surface area contributed by atoms with Gasteiger partial charge in [0, 0.05) is 23.2 Å². The second-order valence-electron chi connectivity index (χ2n) is 3.87. The Morgan fingerprint density at radius 3 is 2.56 bits per heavy atom. The standard InChI is InChI=1S/C13H15BrN4/c14-10-1-4-13(9(5-10)6-15)18-12-3-2-11(7-16)17-8-12/h1-5,8,18H,6-7,15-16H2. The summed E-state index contributed by atoms with van der Waals surface area (Å²) in [4.78, 5) is 4.24. The van der Waals surface area contributed by atoms with Crippen molar-refractivity contribution in [3.05, 3.63) is 52.3 Å². The lowest BCUT2D eigenvalue weighted by atomic mass is 10.1. The Kier molecular flexibility index (Phi) is 4.30. The maximum atomic E-state index is 5.73. The fourth-order valence-electron chi connectivity index (χ4n) is 1.63. The number of hydrogen-bond acceptors (Lipinski definition) is 4. The van der Waals surface area contributed by atoms with Crippen molar-refractivity contribution in [2.24, 2.45) is 11.5 Å². The molecule has 0 aliphatic heterocycles. The minimum absolute atomic E-state index is 0.451. The summed E-state index contributed by atoms with van der Waals surface area (Å²) in [7, 11) is 0. The molecule has 0 spiro atoms. The molecule has 2 rings (SSSR count). The molecule has 0 radical (unpaired) electrons. The van der Waals surface area contributed by atoms with Crippen LogP contribution in [0, 0.1) is 0 Å². The molecule has 0 saturated heterocycles. The van der Waals surface area contributed by atoms with Crippen molar-refractivity contribution in [1.82, 2.24) is 4.98 Å². The Morgan fingerprint density at radius 2 is 1.94 bits per heavy atom. The predicted molar refractivity (Wildman–Crippen MR) is 77.4 cm³/mol. The van der Waals surface area contributed by atoms with Crippen molar-refractivity contribution in [3.63, 3.8) is 0 Å². The molecule has 5 heteroatoms. The first kappa shape index (κ1) is 13.0. The van der Waals surface area contributed by atoms with Crippen LogP contribution in [0.3, 0.4) is 0 Å². The monoisotopic (exact) mass is 306 g/mol. The summed E-state index contributed by atoms with van der Waals surface area (Å²) >= 11 is 3.43. The van der Waals surface area contributed by atoms with E-state index in [2.05, 4.69) is 26.2 Å². The van der Waals surface area contributed by atoms with Crippen LogP contribution >= 0.6 is 15.9 Å². The van der Waals surface area contributed by atoms with Crippen molar-refractivity contribution >= 4 is 27.3 Å². The zero-order valence-electron chi connectivity index (χ0n) is 9.86. The molecule has 1 heterocycles. The maximum absolute atomic E-state index is 5.73. The van der Waals surface area contributed by atoms with Crippen molar-refractivity contribution < 1.29 is 0 Å². The van der Waals surface area contributed by atoms with Gasteiger partial charge in [-0.1, -0.05) is 15.9 Å². The number of aromatic nitrogens is 1. The number of hydrogen-bond donors (Lipinski definition) is 3. The van der Waals surface area contributed by atoms with Crippen LogP contribution in [-0.4, -0.2) is 4.98 Å². The molecule has 4 nitrogen and oxygen atoms in total. The zero-order valence-corrected chi connectivity index (χ0v) is 11.4. The van der Waals surface area contributed by atoms with Crippen molar-refractivity contribution in [2.45, 2.75) is 13.1 Å². The molecule has 18 heavy (non-hydrogen) atoms. The van der Waals surface area contributed by atoms with E-state index in [0.29, 0.717) is 13.1 Å². The van der Waals surface area contributed by atoms with Crippen LogP contribution in [-0.2, 0) is 13.1 Å². The molecule has 0 fully saturated rings. The Hall–Kier alpha value is -1.43. The first-order valence-corrected chi connectivity index (χ1v) is 6.42. The molecule has 1 aromatic carbocycles. The molecule has 0 unspecified atom stereocenters. The van der Waals surface area contributed by atoms with Crippen LogP contribution in [0.2, 0.25) is 0 Å². The summed E-state index contributed by atoms with van der Waals surface area (Å²) in [6, 6.07) is 9.83. The Morgan fingerprint density at radius 1 is 1.11 bits per heavy atom. The van der Waals surface area contributed by atoms with Crippen LogP contribution in [0.5, 0.6) is 0 Å². The van der Waals surface area contributed by atoms with E-state index >= 15 is 0 Å². The van der Waals surface area contributed by atoms with E-state index in [9.17, 15) is 0 Å². The number of halogens is 1. The van der Waals surface area contributed by atoms with Crippen LogP contribution in [0.1, 0.15) is 11.3 Å². The minimum Gasteiger partial charge on any atom is -0.354 e. The Balaban J connectivity index is 2.22. The maximum Gasteiger partial charge on any atom is 0.0571 e. The fourth-order valence-corrected chi connectivity index (χ4v) is 2.04. The van der Waals surface area contributed by atoms with E-state index in [0.717, 1.165) is 27.1 Å². The van der Waals surface area contributed by atoms with Gasteiger partial charge < -0.3 is 16.8 Å². The van der Waals surface area contributed by atoms with Crippen LogP contribution in [0.15, 0.2) is 41.0 Å². The number of pyridine rings is 1. The van der Waals surface area contributed by atoms with E-state index in [-0.39, 0.29) is 0 Å². The molecule has 2 aromatic rings.